The minimum Gasteiger partial charge on any atom is -0.397 e. The van der Waals surface area contributed by atoms with Crippen molar-refractivity contribution in [3.05, 3.63) is 28.6 Å². The highest BCUT2D eigenvalue weighted by molar-refractivity contribution is 7.21. The predicted octanol–water partition coefficient (Wildman–Crippen LogP) is 3.29. The van der Waals surface area contributed by atoms with Gasteiger partial charge in [-0.1, -0.05) is 11.6 Å². The zero-order chi connectivity index (χ0) is 15.6. The number of thiophene rings is 1. The number of nitrogen functional groups attached to an aromatic ring is 1. The number of aryl methyl sites for hydroxylation is 1. The Labute approximate surface area is 129 Å². The number of carbonyl (C=O) groups excluding carboxylic acids is 1. The molecular formula is C16H22N2O2S. The summed E-state index contributed by atoms with van der Waals surface area (Å²) in [5.41, 5.74) is 7.94. The first-order valence-electron chi connectivity index (χ1n) is 7.04. The highest BCUT2D eigenvalue weighted by atomic mass is 32.1. The van der Waals surface area contributed by atoms with Gasteiger partial charge in [0.2, 0.25) is 0 Å². The third kappa shape index (κ3) is 3.19. The molecule has 0 spiro atoms. The second kappa shape index (κ2) is 6.45. The van der Waals surface area contributed by atoms with Gasteiger partial charge < -0.3 is 15.4 Å². The van der Waals surface area contributed by atoms with Crippen molar-refractivity contribution in [1.29, 1.82) is 0 Å². The van der Waals surface area contributed by atoms with Crippen LogP contribution in [0.25, 0.3) is 10.1 Å². The second-order valence-corrected chi connectivity index (χ2v) is 6.48. The van der Waals surface area contributed by atoms with Crippen molar-refractivity contribution >= 4 is 33.0 Å². The quantitative estimate of drug-likeness (QED) is 0.922. The van der Waals surface area contributed by atoms with Crippen LogP contribution in [-0.4, -0.2) is 37.1 Å². The van der Waals surface area contributed by atoms with Crippen LogP contribution in [0, 0.1) is 6.92 Å². The number of methoxy groups -OCH3 is 1. The minimum absolute atomic E-state index is 0.0154. The third-order valence-electron chi connectivity index (χ3n) is 3.50. The lowest BCUT2D eigenvalue weighted by molar-refractivity contribution is 0.0641. The van der Waals surface area contributed by atoms with E-state index >= 15 is 0 Å². The zero-order valence-electron chi connectivity index (χ0n) is 13.0. The van der Waals surface area contributed by atoms with E-state index < -0.39 is 0 Å². The van der Waals surface area contributed by atoms with Gasteiger partial charge in [0.1, 0.15) is 4.88 Å². The molecule has 2 aromatic rings. The van der Waals surface area contributed by atoms with Gasteiger partial charge in [-0.3, -0.25) is 4.79 Å². The van der Waals surface area contributed by atoms with Crippen LogP contribution in [0.3, 0.4) is 0 Å². The monoisotopic (exact) mass is 306 g/mol. The van der Waals surface area contributed by atoms with Crippen LogP contribution in [0.2, 0.25) is 0 Å². The van der Waals surface area contributed by atoms with Crippen LogP contribution in [0.1, 0.15) is 29.1 Å². The molecule has 1 aromatic carbocycles. The Morgan fingerprint density at radius 1 is 1.43 bits per heavy atom. The molecule has 4 nitrogen and oxygen atoms in total. The molecule has 0 aliphatic carbocycles. The summed E-state index contributed by atoms with van der Waals surface area (Å²) in [5, 5.41) is 0.971. The molecular weight excluding hydrogens is 284 g/mol. The maximum absolute atomic E-state index is 12.8. The van der Waals surface area contributed by atoms with E-state index in [0.717, 1.165) is 15.6 Å². The number of nitrogens with zero attached hydrogens (tertiary/aromatic N) is 1. The summed E-state index contributed by atoms with van der Waals surface area (Å²) in [6.07, 6.45) is 0. The SMILES string of the molecule is COCCN(C(=O)c1sc2ccc(C)cc2c1N)C(C)C. The number of benzene rings is 1. The van der Waals surface area contributed by atoms with Gasteiger partial charge in [0.05, 0.1) is 12.3 Å². The summed E-state index contributed by atoms with van der Waals surface area (Å²) in [6.45, 7) is 7.12. The minimum atomic E-state index is -0.0154. The summed E-state index contributed by atoms with van der Waals surface area (Å²) in [6, 6.07) is 6.21. The summed E-state index contributed by atoms with van der Waals surface area (Å²) in [5.74, 6) is -0.0154. The van der Waals surface area contributed by atoms with Gasteiger partial charge in [-0.05, 0) is 32.9 Å². The number of ether oxygens (including phenoxy) is 1. The van der Waals surface area contributed by atoms with Gasteiger partial charge in [-0.25, -0.2) is 0 Å². The Morgan fingerprint density at radius 2 is 2.14 bits per heavy atom. The average Bonchev–Trinajstić information content (AvgIpc) is 2.76. The average molecular weight is 306 g/mol. The number of carbonyl (C=O) groups is 1. The molecule has 0 saturated heterocycles. The van der Waals surface area contributed by atoms with Gasteiger partial charge in [0.25, 0.3) is 5.91 Å². The molecule has 21 heavy (non-hydrogen) atoms. The Hall–Kier alpha value is -1.59. The van der Waals surface area contributed by atoms with E-state index in [1.165, 1.54) is 11.3 Å². The van der Waals surface area contributed by atoms with E-state index in [1.807, 2.05) is 39.0 Å². The maximum atomic E-state index is 12.8. The smallest absolute Gasteiger partial charge is 0.266 e. The molecule has 114 valence electrons. The molecule has 2 N–H and O–H groups in total. The summed E-state index contributed by atoms with van der Waals surface area (Å²) >= 11 is 1.46. The lowest BCUT2D eigenvalue weighted by atomic mass is 10.1. The fraction of sp³-hybridized carbons (Fsp3) is 0.438. The number of amides is 1. The molecule has 1 aromatic heterocycles. The lowest BCUT2D eigenvalue weighted by Crippen LogP contribution is -2.39. The standard InChI is InChI=1S/C16H22N2O2S/c1-10(2)18(7-8-20-4)16(19)15-14(17)12-9-11(3)5-6-13(12)21-15/h5-6,9-10H,7-8,17H2,1-4H3. The number of anilines is 1. The number of hydrogen-bond donors (Lipinski definition) is 1. The maximum Gasteiger partial charge on any atom is 0.266 e. The third-order valence-corrected chi connectivity index (χ3v) is 4.67. The second-order valence-electron chi connectivity index (χ2n) is 5.43. The van der Waals surface area contributed by atoms with Gasteiger partial charge in [0, 0.05) is 29.8 Å². The lowest BCUT2D eigenvalue weighted by Gasteiger charge is -2.26. The van der Waals surface area contributed by atoms with Crippen LogP contribution in [0.5, 0.6) is 0 Å². The van der Waals surface area contributed by atoms with Gasteiger partial charge in [0.15, 0.2) is 0 Å². The molecule has 0 aliphatic heterocycles. The zero-order valence-corrected chi connectivity index (χ0v) is 13.8. The molecule has 5 heteroatoms. The van der Waals surface area contributed by atoms with E-state index in [0.29, 0.717) is 23.7 Å². The molecule has 2 rings (SSSR count). The Bertz CT molecular complexity index is 649. The van der Waals surface area contributed by atoms with Crippen molar-refractivity contribution in [3.63, 3.8) is 0 Å². The van der Waals surface area contributed by atoms with E-state index in [2.05, 4.69) is 0 Å². The Morgan fingerprint density at radius 3 is 2.76 bits per heavy atom. The number of rotatable bonds is 5. The van der Waals surface area contributed by atoms with Gasteiger partial charge in [-0.15, -0.1) is 11.3 Å². The number of nitrogens with two attached hydrogens (primary N) is 1. The largest absolute Gasteiger partial charge is 0.397 e. The van der Waals surface area contributed by atoms with E-state index in [9.17, 15) is 4.79 Å². The molecule has 1 amide bonds. The number of hydrogen-bond acceptors (Lipinski definition) is 4. The van der Waals surface area contributed by atoms with E-state index in [4.69, 9.17) is 10.5 Å². The normalized spacial score (nSPS) is 11.3. The first kappa shape index (κ1) is 15.8. The molecule has 0 radical (unpaired) electrons. The van der Waals surface area contributed by atoms with Crippen molar-refractivity contribution in [2.45, 2.75) is 26.8 Å². The van der Waals surface area contributed by atoms with Gasteiger partial charge >= 0.3 is 0 Å². The summed E-state index contributed by atoms with van der Waals surface area (Å²) < 4.78 is 6.14. The molecule has 0 saturated carbocycles. The molecule has 0 bridgehead atoms. The van der Waals surface area contributed by atoms with Crippen molar-refractivity contribution in [2.75, 3.05) is 26.0 Å². The first-order chi connectivity index (χ1) is 9.95. The van der Waals surface area contributed by atoms with Crippen LogP contribution in [0.15, 0.2) is 18.2 Å². The molecule has 0 atom stereocenters. The van der Waals surface area contributed by atoms with Crippen LogP contribution in [-0.2, 0) is 4.74 Å². The van der Waals surface area contributed by atoms with Gasteiger partial charge in [-0.2, -0.15) is 0 Å². The molecule has 0 fully saturated rings. The molecule has 1 heterocycles. The molecule has 0 unspecified atom stereocenters. The van der Waals surface area contributed by atoms with Crippen LogP contribution >= 0.6 is 11.3 Å². The van der Waals surface area contributed by atoms with Crippen molar-refractivity contribution in [1.82, 2.24) is 4.90 Å². The Balaban J connectivity index is 2.39. The van der Waals surface area contributed by atoms with Crippen molar-refractivity contribution in [2.24, 2.45) is 0 Å². The van der Waals surface area contributed by atoms with E-state index in [1.54, 1.807) is 12.0 Å². The topological polar surface area (TPSA) is 55.6 Å². The van der Waals surface area contributed by atoms with Crippen LogP contribution < -0.4 is 5.73 Å². The Kier molecular flexibility index (Phi) is 4.85. The highest BCUT2D eigenvalue weighted by Gasteiger charge is 2.23. The van der Waals surface area contributed by atoms with Crippen LogP contribution in [0.4, 0.5) is 5.69 Å². The summed E-state index contributed by atoms with van der Waals surface area (Å²) in [4.78, 5) is 15.2. The summed E-state index contributed by atoms with van der Waals surface area (Å²) in [7, 11) is 1.64. The first-order valence-corrected chi connectivity index (χ1v) is 7.86. The molecule has 0 aliphatic rings. The fourth-order valence-electron chi connectivity index (χ4n) is 2.30. The van der Waals surface area contributed by atoms with E-state index in [-0.39, 0.29) is 11.9 Å². The van der Waals surface area contributed by atoms with Crippen molar-refractivity contribution in [3.8, 4) is 0 Å². The predicted molar refractivity (Wildman–Crippen MR) is 89.0 cm³/mol. The van der Waals surface area contributed by atoms with Crippen molar-refractivity contribution < 1.29 is 9.53 Å². The fourth-order valence-corrected chi connectivity index (χ4v) is 3.36. The number of fused-ring (bicyclic) bond motifs is 1. The highest BCUT2D eigenvalue weighted by Crippen LogP contribution is 2.35.